The lowest BCUT2D eigenvalue weighted by Crippen LogP contribution is -2.10. The second kappa shape index (κ2) is 4.54. The number of nitrogens with two attached hydrogens (primary N) is 1. The Labute approximate surface area is 96.0 Å². The van der Waals surface area contributed by atoms with Crippen LogP contribution in [0, 0.1) is 0 Å². The van der Waals surface area contributed by atoms with Gasteiger partial charge in [0.15, 0.2) is 0 Å². The summed E-state index contributed by atoms with van der Waals surface area (Å²) < 4.78 is 5.42. The van der Waals surface area contributed by atoms with Crippen molar-refractivity contribution in [2.24, 2.45) is 5.73 Å². The Hall–Kier alpha value is -1.54. The van der Waals surface area contributed by atoms with Crippen LogP contribution in [0.25, 0.3) is 10.8 Å². The minimum Gasteiger partial charge on any atom is -0.496 e. The van der Waals surface area contributed by atoms with Crippen molar-refractivity contribution in [2.45, 2.75) is 12.8 Å². The van der Waals surface area contributed by atoms with Crippen LogP contribution >= 0.6 is 0 Å². The average Bonchev–Trinajstić information content (AvgIpc) is 2.36. The van der Waals surface area contributed by atoms with Crippen LogP contribution in [0.3, 0.4) is 0 Å². The van der Waals surface area contributed by atoms with E-state index >= 15 is 0 Å². The highest BCUT2D eigenvalue weighted by Crippen LogP contribution is 2.33. The van der Waals surface area contributed by atoms with E-state index in [1.54, 1.807) is 7.11 Å². The van der Waals surface area contributed by atoms with Gasteiger partial charge in [-0.05, 0) is 29.3 Å². The second-order valence-electron chi connectivity index (χ2n) is 4.04. The summed E-state index contributed by atoms with van der Waals surface area (Å²) in [7, 11) is 1.71. The maximum atomic E-state index is 5.76. The number of methoxy groups -OCH3 is 1. The van der Waals surface area contributed by atoms with Crippen LogP contribution in [-0.4, -0.2) is 13.7 Å². The molecule has 2 aromatic rings. The number of benzene rings is 2. The van der Waals surface area contributed by atoms with Crippen molar-refractivity contribution in [3.05, 3.63) is 42.0 Å². The van der Waals surface area contributed by atoms with Crippen LogP contribution < -0.4 is 10.5 Å². The molecule has 1 atom stereocenters. The van der Waals surface area contributed by atoms with Gasteiger partial charge in [0.1, 0.15) is 5.75 Å². The molecule has 2 heteroatoms. The van der Waals surface area contributed by atoms with E-state index in [0.717, 1.165) is 5.75 Å². The lowest BCUT2D eigenvalue weighted by Gasteiger charge is -2.16. The smallest absolute Gasteiger partial charge is 0.123 e. The highest BCUT2D eigenvalue weighted by atomic mass is 16.5. The topological polar surface area (TPSA) is 35.2 Å². The maximum Gasteiger partial charge on any atom is 0.123 e. The van der Waals surface area contributed by atoms with Gasteiger partial charge < -0.3 is 10.5 Å². The van der Waals surface area contributed by atoms with Crippen molar-refractivity contribution in [3.8, 4) is 5.75 Å². The number of hydrogen-bond donors (Lipinski definition) is 1. The third-order valence-corrected chi connectivity index (χ3v) is 3.00. The Kier molecular flexibility index (Phi) is 3.11. The van der Waals surface area contributed by atoms with Gasteiger partial charge in [-0.15, -0.1) is 0 Å². The van der Waals surface area contributed by atoms with Crippen LogP contribution in [-0.2, 0) is 0 Å². The van der Waals surface area contributed by atoms with E-state index in [1.807, 2.05) is 12.1 Å². The van der Waals surface area contributed by atoms with Crippen molar-refractivity contribution in [3.63, 3.8) is 0 Å². The quantitative estimate of drug-likeness (QED) is 0.854. The zero-order valence-corrected chi connectivity index (χ0v) is 9.73. The van der Waals surface area contributed by atoms with Crippen LogP contribution in [0.2, 0.25) is 0 Å². The largest absolute Gasteiger partial charge is 0.496 e. The Morgan fingerprint density at radius 1 is 1.19 bits per heavy atom. The molecule has 0 bridgehead atoms. The first-order chi connectivity index (χ1) is 7.77. The van der Waals surface area contributed by atoms with Crippen molar-refractivity contribution in [2.75, 3.05) is 13.7 Å². The number of ether oxygens (including phenoxy) is 1. The summed E-state index contributed by atoms with van der Waals surface area (Å²) in [6.45, 7) is 2.76. The summed E-state index contributed by atoms with van der Waals surface area (Å²) in [5.74, 6) is 1.23. The minimum absolute atomic E-state index is 0.307. The fourth-order valence-electron chi connectivity index (χ4n) is 2.08. The molecule has 2 N–H and O–H groups in total. The van der Waals surface area contributed by atoms with Gasteiger partial charge in [0, 0.05) is 5.56 Å². The highest BCUT2D eigenvalue weighted by molar-refractivity contribution is 5.88. The Balaban J connectivity index is 2.72. The van der Waals surface area contributed by atoms with Crippen molar-refractivity contribution < 1.29 is 4.74 Å². The Morgan fingerprint density at radius 2 is 1.94 bits per heavy atom. The molecular weight excluding hydrogens is 198 g/mol. The molecule has 0 saturated heterocycles. The fourth-order valence-corrected chi connectivity index (χ4v) is 2.08. The molecule has 0 saturated carbocycles. The van der Waals surface area contributed by atoms with E-state index in [4.69, 9.17) is 10.5 Å². The van der Waals surface area contributed by atoms with Gasteiger partial charge in [-0.25, -0.2) is 0 Å². The highest BCUT2D eigenvalue weighted by Gasteiger charge is 2.13. The molecule has 16 heavy (non-hydrogen) atoms. The van der Waals surface area contributed by atoms with Gasteiger partial charge in [0.05, 0.1) is 7.11 Å². The molecule has 0 heterocycles. The summed E-state index contributed by atoms with van der Waals surface area (Å²) >= 11 is 0. The van der Waals surface area contributed by atoms with Gasteiger partial charge in [-0.1, -0.05) is 37.3 Å². The molecule has 1 unspecified atom stereocenters. The molecule has 84 valence electrons. The van der Waals surface area contributed by atoms with Crippen molar-refractivity contribution in [1.29, 1.82) is 0 Å². The molecule has 2 nitrogen and oxygen atoms in total. The summed E-state index contributed by atoms with van der Waals surface area (Å²) in [5, 5.41) is 2.47. The zero-order valence-electron chi connectivity index (χ0n) is 9.73. The van der Waals surface area contributed by atoms with Crippen LogP contribution in [0.4, 0.5) is 0 Å². The molecule has 0 aliphatic heterocycles. The van der Waals surface area contributed by atoms with Gasteiger partial charge in [0.25, 0.3) is 0 Å². The summed E-state index contributed by atoms with van der Waals surface area (Å²) in [5.41, 5.74) is 6.97. The first kappa shape index (κ1) is 11.0. The normalized spacial score (nSPS) is 12.7. The molecule has 0 aliphatic rings. The molecule has 2 aromatic carbocycles. The Morgan fingerprint density at radius 3 is 2.62 bits per heavy atom. The number of fused-ring (bicyclic) bond motifs is 1. The molecular formula is C14H17NO. The van der Waals surface area contributed by atoms with E-state index in [2.05, 4.69) is 31.2 Å². The summed E-state index contributed by atoms with van der Waals surface area (Å²) in [6.07, 6.45) is 0. The summed E-state index contributed by atoms with van der Waals surface area (Å²) in [4.78, 5) is 0. The van der Waals surface area contributed by atoms with Gasteiger partial charge in [-0.3, -0.25) is 0 Å². The average molecular weight is 215 g/mol. The lowest BCUT2D eigenvalue weighted by molar-refractivity contribution is 0.408. The second-order valence-corrected chi connectivity index (χ2v) is 4.04. The van der Waals surface area contributed by atoms with E-state index in [9.17, 15) is 0 Å². The maximum absolute atomic E-state index is 5.76. The predicted molar refractivity (Wildman–Crippen MR) is 68.0 cm³/mol. The van der Waals surface area contributed by atoms with E-state index < -0.39 is 0 Å². The standard InChI is InChI=1S/C14H17NO/c1-10(9-15)14-12-6-4-3-5-11(12)7-8-13(14)16-2/h3-8,10H,9,15H2,1-2H3. The van der Waals surface area contributed by atoms with E-state index in [1.165, 1.54) is 16.3 Å². The lowest BCUT2D eigenvalue weighted by atomic mass is 9.94. The zero-order chi connectivity index (χ0) is 11.5. The van der Waals surface area contributed by atoms with Crippen LogP contribution in [0.15, 0.2) is 36.4 Å². The van der Waals surface area contributed by atoms with Gasteiger partial charge >= 0.3 is 0 Å². The van der Waals surface area contributed by atoms with Crippen LogP contribution in [0.5, 0.6) is 5.75 Å². The number of rotatable bonds is 3. The molecule has 2 rings (SSSR count). The first-order valence-corrected chi connectivity index (χ1v) is 5.53. The predicted octanol–water partition coefficient (Wildman–Crippen LogP) is 2.91. The number of hydrogen-bond acceptors (Lipinski definition) is 2. The molecule has 0 aliphatic carbocycles. The van der Waals surface area contributed by atoms with E-state index in [-0.39, 0.29) is 0 Å². The third-order valence-electron chi connectivity index (χ3n) is 3.00. The fraction of sp³-hybridized carbons (Fsp3) is 0.286. The molecule has 0 spiro atoms. The minimum atomic E-state index is 0.307. The molecule has 0 amide bonds. The Bertz CT molecular complexity index is 493. The first-order valence-electron chi connectivity index (χ1n) is 5.53. The third kappa shape index (κ3) is 1.76. The SMILES string of the molecule is COc1ccc2ccccc2c1C(C)CN. The van der Waals surface area contributed by atoms with Gasteiger partial charge in [-0.2, -0.15) is 0 Å². The van der Waals surface area contributed by atoms with Gasteiger partial charge in [0.2, 0.25) is 0 Å². The van der Waals surface area contributed by atoms with Crippen molar-refractivity contribution in [1.82, 2.24) is 0 Å². The monoisotopic (exact) mass is 215 g/mol. The van der Waals surface area contributed by atoms with E-state index in [0.29, 0.717) is 12.5 Å². The van der Waals surface area contributed by atoms with Crippen LogP contribution in [0.1, 0.15) is 18.4 Å². The molecule has 0 aromatic heterocycles. The molecule has 0 fully saturated rings. The van der Waals surface area contributed by atoms with Crippen molar-refractivity contribution >= 4 is 10.8 Å². The molecule has 0 radical (unpaired) electrons. The summed E-state index contributed by atoms with van der Waals surface area (Å²) in [6, 6.07) is 12.4.